The lowest BCUT2D eigenvalue weighted by Crippen LogP contribution is -2.57. The smallest absolute Gasteiger partial charge is 0.407 e. The number of likely N-dealkylation sites (tertiary alicyclic amines) is 2. The number of amides is 3. The minimum Gasteiger partial charge on any atom is -0.465 e. The van der Waals surface area contributed by atoms with Crippen LogP contribution in [0.5, 0.6) is 0 Å². The molecular formula is C25H30ClF4N3O4. The molecule has 37 heavy (non-hydrogen) atoms. The molecule has 0 bridgehead atoms. The van der Waals surface area contributed by atoms with Crippen LogP contribution in [0.4, 0.5) is 22.4 Å². The number of hydrogen-bond acceptors (Lipinski definition) is 3. The molecule has 3 fully saturated rings. The highest BCUT2D eigenvalue weighted by Crippen LogP contribution is 2.54. The van der Waals surface area contributed by atoms with Crippen LogP contribution in [0, 0.1) is 17.2 Å². The molecule has 0 unspecified atom stereocenters. The molecule has 2 atom stereocenters. The zero-order valence-corrected chi connectivity index (χ0v) is 21.2. The number of nitrogens with zero attached hydrogens (tertiary/aromatic N) is 3. The van der Waals surface area contributed by atoms with Gasteiger partial charge in [0, 0.05) is 44.6 Å². The number of carboxylic acid groups (broad SMARTS) is 1. The normalized spacial score (nSPS) is 24.1. The molecule has 3 aliphatic rings. The van der Waals surface area contributed by atoms with Gasteiger partial charge in [0.15, 0.2) is 0 Å². The summed E-state index contributed by atoms with van der Waals surface area (Å²) in [6.45, 7) is 2.27. The second kappa shape index (κ2) is 10.3. The first kappa shape index (κ1) is 27.5. The molecule has 0 spiro atoms. The average Bonchev–Trinajstić information content (AvgIpc) is 3.24. The van der Waals surface area contributed by atoms with Crippen molar-refractivity contribution in [3.05, 3.63) is 34.6 Å². The molecular weight excluding hydrogens is 518 g/mol. The van der Waals surface area contributed by atoms with Gasteiger partial charge in [0.1, 0.15) is 11.2 Å². The lowest BCUT2D eigenvalue weighted by molar-refractivity contribution is -0.249. The summed E-state index contributed by atoms with van der Waals surface area (Å²) in [7, 11) is 0. The Morgan fingerprint density at radius 2 is 1.78 bits per heavy atom. The summed E-state index contributed by atoms with van der Waals surface area (Å²) >= 11 is 5.81. The molecule has 7 nitrogen and oxygen atoms in total. The highest BCUT2D eigenvalue weighted by Gasteiger charge is 2.64. The van der Waals surface area contributed by atoms with Crippen molar-refractivity contribution in [2.45, 2.75) is 57.2 Å². The van der Waals surface area contributed by atoms with Crippen molar-refractivity contribution in [2.75, 3.05) is 32.7 Å². The fourth-order valence-corrected chi connectivity index (χ4v) is 6.02. The molecule has 1 aromatic rings. The van der Waals surface area contributed by atoms with E-state index in [1.165, 1.54) is 21.9 Å². The Hall–Kier alpha value is -2.56. The number of alkyl halides is 3. The van der Waals surface area contributed by atoms with E-state index in [9.17, 15) is 37.1 Å². The zero-order valence-electron chi connectivity index (χ0n) is 20.4. The number of hydrogen-bond donors (Lipinski definition) is 1. The fourth-order valence-electron chi connectivity index (χ4n) is 5.90. The number of halogens is 5. The maximum absolute atomic E-state index is 14.2. The minimum atomic E-state index is -4.59. The van der Waals surface area contributed by atoms with Crippen LogP contribution in [0.25, 0.3) is 0 Å². The van der Waals surface area contributed by atoms with Gasteiger partial charge in [-0.2, -0.15) is 13.2 Å². The molecule has 1 N–H and O–H groups in total. The van der Waals surface area contributed by atoms with Gasteiger partial charge in [-0.05, 0) is 50.3 Å². The van der Waals surface area contributed by atoms with E-state index in [1.807, 2.05) is 0 Å². The van der Waals surface area contributed by atoms with Gasteiger partial charge in [0.05, 0.1) is 11.1 Å². The third-order valence-corrected chi connectivity index (χ3v) is 8.56. The minimum absolute atomic E-state index is 0.0619. The van der Waals surface area contributed by atoms with E-state index in [0.29, 0.717) is 12.0 Å². The molecule has 1 aliphatic carbocycles. The van der Waals surface area contributed by atoms with E-state index in [1.54, 1.807) is 17.9 Å². The molecule has 204 valence electrons. The SMILES string of the molecule is CCN(C(=O)O)[C@@H]1CN(C(=O)C2CCN(C(=O)C3(C(F)(F)F)CCC3)CC2)C[C@H]1c1ccc(Cl)c(F)c1. The van der Waals surface area contributed by atoms with E-state index in [2.05, 4.69) is 0 Å². The molecule has 0 radical (unpaired) electrons. The number of carbonyl (C=O) groups is 3. The van der Waals surface area contributed by atoms with Crippen LogP contribution < -0.4 is 0 Å². The maximum atomic E-state index is 14.2. The van der Waals surface area contributed by atoms with Gasteiger partial charge in [-0.15, -0.1) is 0 Å². The van der Waals surface area contributed by atoms with E-state index in [-0.39, 0.29) is 69.3 Å². The Kier molecular flexibility index (Phi) is 7.65. The summed E-state index contributed by atoms with van der Waals surface area (Å²) in [4.78, 5) is 42.1. The third-order valence-electron chi connectivity index (χ3n) is 8.25. The van der Waals surface area contributed by atoms with Crippen LogP contribution in [0.2, 0.25) is 5.02 Å². The molecule has 1 saturated carbocycles. The average molecular weight is 548 g/mol. The van der Waals surface area contributed by atoms with E-state index >= 15 is 0 Å². The van der Waals surface area contributed by atoms with E-state index in [0.717, 1.165) is 0 Å². The Labute approximate surface area is 217 Å². The first-order chi connectivity index (χ1) is 17.4. The summed E-state index contributed by atoms with van der Waals surface area (Å²) in [5.74, 6) is -2.73. The van der Waals surface area contributed by atoms with Crippen molar-refractivity contribution in [1.82, 2.24) is 14.7 Å². The summed E-state index contributed by atoms with van der Waals surface area (Å²) in [5, 5.41) is 9.65. The number of rotatable bonds is 5. The predicted octanol–water partition coefficient (Wildman–Crippen LogP) is 4.74. The van der Waals surface area contributed by atoms with Gasteiger partial charge in [0.2, 0.25) is 11.8 Å². The van der Waals surface area contributed by atoms with Crippen molar-refractivity contribution in [3.8, 4) is 0 Å². The predicted molar refractivity (Wildman–Crippen MR) is 127 cm³/mol. The Morgan fingerprint density at radius 3 is 2.27 bits per heavy atom. The largest absolute Gasteiger partial charge is 0.465 e. The van der Waals surface area contributed by atoms with Crippen molar-refractivity contribution >= 4 is 29.5 Å². The zero-order chi connectivity index (χ0) is 27.1. The maximum Gasteiger partial charge on any atom is 0.407 e. The number of carbonyl (C=O) groups excluding carboxylic acids is 2. The van der Waals surface area contributed by atoms with Gasteiger partial charge in [-0.3, -0.25) is 9.59 Å². The quantitative estimate of drug-likeness (QED) is 0.540. The number of benzene rings is 1. The van der Waals surface area contributed by atoms with Crippen molar-refractivity contribution in [1.29, 1.82) is 0 Å². The van der Waals surface area contributed by atoms with Crippen molar-refractivity contribution in [3.63, 3.8) is 0 Å². The summed E-state index contributed by atoms with van der Waals surface area (Å²) in [6, 6.07) is 3.67. The van der Waals surface area contributed by atoms with Gasteiger partial charge >= 0.3 is 12.3 Å². The lowest BCUT2D eigenvalue weighted by Gasteiger charge is -2.45. The van der Waals surface area contributed by atoms with Crippen LogP contribution in [-0.4, -0.2) is 82.7 Å². The highest BCUT2D eigenvalue weighted by atomic mass is 35.5. The second-order valence-corrected chi connectivity index (χ2v) is 10.6. The summed E-state index contributed by atoms with van der Waals surface area (Å²) in [6.07, 6.45) is -5.32. The number of likely N-dealkylation sites (N-methyl/N-ethyl adjacent to an activating group) is 1. The lowest BCUT2D eigenvalue weighted by atomic mass is 9.67. The third kappa shape index (κ3) is 4.98. The monoisotopic (exact) mass is 547 g/mol. The Morgan fingerprint density at radius 1 is 1.14 bits per heavy atom. The van der Waals surface area contributed by atoms with Crippen LogP contribution in [0.3, 0.4) is 0 Å². The van der Waals surface area contributed by atoms with Crippen molar-refractivity contribution in [2.24, 2.45) is 11.3 Å². The van der Waals surface area contributed by atoms with Gasteiger partial charge < -0.3 is 19.8 Å². The van der Waals surface area contributed by atoms with Gasteiger partial charge in [-0.25, -0.2) is 9.18 Å². The van der Waals surface area contributed by atoms with Crippen molar-refractivity contribution < 1.29 is 37.1 Å². The molecule has 2 heterocycles. The first-order valence-electron chi connectivity index (χ1n) is 12.5. The van der Waals surface area contributed by atoms with E-state index in [4.69, 9.17) is 11.6 Å². The molecule has 4 rings (SSSR count). The number of piperidine rings is 1. The fraction of sp³-hybridized carbons (Fsp3) is 0.640. The van der Waals surface area contributed by atoms with E-state index < -0.39 is 47.3 Å². The topological polar surface area (TPSA) is 81.2 Å². The summed E-state index contributed by atoms with van der Waals surface area (Å²) in [5.41, 5.74) is -1.77. The molecule has 12 heteroatoms. The molecule has 0 aromatic heterocycles. The standard InChI is InChI=1S/C25H30ClF4N3O4/c1-2-33(23(36)37)20-14-32(13-17(20)16-4-5-18(26)19(27)12-16)21(34)15-6-10-31(11-7-15)22(35)24(8-3-9-24)25(28,29)30/h4-5,12,15,17,20H,2-3,6-11,13-14H2,1H3,(H,36,37)/t17-,20+/m0/s1. The summed E-state index contributed by atoms with van der Waals surface area (Å²) < 4.78 is 55.0. The van der Waals surface area contributed by atoms with Gasteiger partial charge in [-0.1, -0.05) is 24.1 Å². The molecule has 1 aromatic carbocycles. The van der Waals surface area contributed by atoms with Crippen LogP contribution in [0.1, 0.15) is 50.5 Å². The molecule has 3 amide bonds. The Bertz CT molecular complexity index is 1060. The van der Waals surface area contributed by atoms with Crippen LogP contribution >= 0.6 is 11.6 Å². The Balaban J connectivity index is 1.46. The highest BCUT2D eigenvalue weighted by molar-refractivity contribution is 6.30. The van der Waals surface area contributed by atoms with Gasteiger partial charge in [0.25, 0.3) is 0 Å². The first-order valence-corrected chi connectivity index (χ1v) is 12.9. The molecule has 2 aliphatic heterocycles. The molecule has 2 saturated heterocycles. The van der Waals surface area contributed by atoms with Crippen LogP contribution in [-0.2, 0) is 9.59 Å². The van der Waals surface area contributed by atoms with Crippen LogP contribution in [0.15, 0.2) is 18.2 Å². The second-order valence-electron chi connectivity index (χ2n) is 10.2.